The van der Waals surface area contributed by atoms with Crippen molar-refractivity contribution in [1.82, 2.24) is 0 Å². The van der Waals surface area contributed by atoms with E-state index in [0.717, 1.165) is 0 Å². The van der Waals surface area contributed by atoms with E-state index in [1.54, 1.807) is 18.2 Å². The van der Waals surface area contributed by atoms with Crippen LogP contribution in [0.1, 0.15) is 11.1 Å². The smallest absolute Gasteiger partial charge is 0.124 e. The van der Waals surface area contributed by atoms with E-state index in [0.29, 0.717) is 16.9 Å². The maximum Gasteiger partial charge on any atom is 0.124 e. The fraction of sp³-hybridized carbons (Fsp3) is 0.333. The second-order valence-electron chi connectivity index (χ2n) is 2.54. The molecule has 0 unspecified atom stereocenters. The molecule has 4 heteroatoms. The lowest BCUT2D eigenvalue weighted by atomic mass is 10.1. The number of halogens is 1. The van der Waals surface area contributed by atoms with Crippen molar-refractivity contribution in [2.45, 2.75) is 13.3 Å². The molecule has 1 aromatic rings. The number of rotatable bonds is 4. The van der Waals surface area contributed by atoms with Gasteiger partial charge < -0.3 is 4.74 Å². The van der Waals surface area contributed by atoms with Crippen LogP contribution in [0.3, 0.4) is 0 Å². The summed E-state index contributed by atoms with van der Waals surface area (Å²) in [7, 11) is 1.53. The van der Waals surface area contributed by atoms with E-state index < -0.39 is 6.67 Å². The van der Waals surface area contributed by atoms with Gasteiger partial charge in [0.15, 0.2) is 0 Å². The number of nitrogens with two attached hydrogens (primary N) is 1. The molecular formula is C9H12FNO2. The average molecular weight is 185 g/mol. The van der Waals surface area contributed by atoms with Gasteiger partial charge in [-0.05, 0) is 11.6 Å². The van der Waals surface area contributed by atoms with Gasteiger partial charge in [0, 0.05) is 5.56 Å². The fourth-order valence-electron chi connectivity index (χ4n) is 1.17. The molecule has 0 saturated heterocycles. The van der Waals surface area contributed by atoms with Gasteiger partial charge in [0.25, 0.3) is 0 Å². The van der Waals surface area contributed by atoms with Crippen molar-refractivity contribution in [3.8, 4) is 5.75 Å². The van der Waals surface area contributed by atoms with Crippen LogP contribution in [0.25, 0.3) is 0 Å². The predicted octanol–water partition coefficient (Wildman–Crippen LogP) is 1.55. The molecule has 13 heavy (non-hydrogen) atoms. The molecule has 0 aliphatic heterocycles. The van der Waals surface area contributed by atoms with Gasteiger partial charge in [0.1, 0.15) is 12.4 Å². The Balaban J connectivity index is 3.05. The minimum Gasteiger partial charge on any atom is -0.496 e. The monoisotopic (exact) mass is 185 g/mol. The molecule has 0 saturated carbocycles. The van der Waals surface area contributed by atoms with Crippen LogP contribution >= 0.6 is 0 Å². The van der Waals surface area contributed by atoms with Crippen molar-refractivity contribution in [1.29, 1.82) is 0 Å². The van der Waals surface area contributed by atoms with Crippen molar-refractivity contribution >= 4 is 0 Å². The topological polar surface area (TPSA) is 44.5 Å². The van der Waals surface area contributed by atoms with Gasteiger partial charge in [-0.2, -0.15) is 0 Å². The second kappa shape index (κ2) is 4.79. The van der Waals surface area contributed by atoms with E-state index in [2.05, 4.69) is 4.84 Å². The molecule has 0 aliphatic carbocycles. The highest BCUT2D eigenvalue weighted by molar-refractivity contribution is 5.39. The van der Waals surface area contributed by atoms with Crippen molar-refractivity contribution in [3.05, 3.63) is 29.3 Å². The van der Waals surface area contributed by atoms with Gasteiger partial charge in [0.2, 0.25) is 0 Å². The molecule has 0 atom stereocenters. The molecule has 72 valence electrons. The summed E-state index contributed by atoms with van der Waals surface area (Å²) in [5.74, 6) is 5.53. The highest BCUT2D eigenvalue weighted by atomic mass is 19.1. The Hall–Kier alpha value is -1.13. The summed E-state index contributed by atoms with van der Waals surface area (Å²) in [5.41, 5.74) is 1.21. The summed E-state index contributed by atoms with van der Waals surface area (Å²) < 4.78 is 17.5. The maximum absolute atomic E-state index is 12.5. The number of benzene rings is 1. The third-order valence-electron chi connectivity index (χ3n) is 1.82. The van der Waals surface area contributed by atoms with Gasteiger partial charge in [0.05, 0.1) is 13.7 Å². The van der Waals surface area contributed by atoms with Gasteiger partial charge in [-0.3, -0.25) is 4.84 Å². The summed E-state index contributed by atoms with van der Waals surface area (Å²) >= 11 is 0. The Kier molecular flexibility index (Phi) is 3.67. The van der Waals surface area contributed by atoms with Gasteiger partial charge in [-0.15, -0.1) is 0 Å². The number of hydrogen-bond donors (Lipinski definition) is 1. The standard InChI is InChI=1S/C9H12FNO2/c1-12-9-4-2-3-7(5-10)8(9)6-13-11/h2-4H,5-6,11H2,1H3. The highest BCUT2D eigenvalue weighted by Gasteiger charge is 2.07. The lowest BCUT2D eigenvalue weighted by Gasteiger charge is -2.10. The molecule has 2 N–H and O–H groups in total. The first-order chi connectivity index (χ1) is 6.33. The first-order valence-electron chi connectivity index (χ1n) is 3.86. The average Bonchev–Trinajstić information content (AvgIpc) is 2.18. The molecule has 0 spiro atoms. The van der Waals surface area contributed by atoms with Crippen LogP contribution in [0.15, 0.2) is 18.2 Å². The van der Waals surface area contributed by atoms with E-state index in [1.807, 2.05) is 0 Å². The van der Waals surface area contributed by atoms with Gasteiger partial charge in [-0.25, -0.2) is 10.3 Å². The molecule has 0 aromatic heterocycles. The van der Waals surface area contributed by atoms with Crippen LogP contribution in [0.2, 0.25) is 0 Å². The van der Waals surface area contributed by atoms with Crippen LogP contribution in [0.5, 0.6) is 5.75 Å². The molecular weight excluding hydrogens is 173 g/mol. The summed E-state index contributed by atoms with van der Waals surface area (Å²) in [6, 6.07) is 5.15. The van der Waals surface area contributed by atoms with Crippen LogP contribution in [0, 0.1) is 0 Å². The zero-order valence-corrected chi connectivity index (χ0v) is 7.42. The lowest BCUT2D eigenvalue weighted by molar-refractivity contribution is 0.121. The van der Waals surface area contributed by atoms with Gasteiger partial charge >= 0.3 is 0 Å². The zero-order chi connectivity index (χ0) is 9.68. The molecule has 1 aromatic carbocycles. The Labute approximate surface area is 76.2 Å². The Morgan fingerprint density at radius 1 is 1.46 bits per heavy atom. The molecule has 1 rings (SSSR count). The third kappa shape index (κ3) is 2.17. The number of ether oxygens (including phenoxy) is 1. The summed E-state index contributed by atoms with van der Waals surface area (Å²) in [5, 5.41) is 0. The first kappa shape index (κ1) is 9.95. The van der Waals surface area contributed by atoms with E-state index in [4.69, 9.17) is 10.6 Å². The molecule has 0 fully saturated rings. The summed E-state index contributed by atoms with van der Waals surface area (Å²) in [6.07, 6.45) is 0. The molecule has 0 aliphatic rings. The van der Waals surface area contributed by atoms with Crippen LogP contribution < -0.4 is 10.6 Å². The molecule has 0 radical (unpaired) electrons. The largest absolute Gasteiger partial charge is 0.496 e. The van der Waals surface area contributed by atoms with E-state index in [9.17, 15) is 4.39 Å². The predicted molar refractivity (Wildman–Crippen MR) is 46.8 cm³/mol. The van der Waals surface area contributed by atoms with Crippen LogP contribution in [0.4, 0.5) is 4.39 Å². The van der Waals surface area contributed by atoms with Gasteiger partial charge in [-0.1, -0.05) is 12.1 Å². The molecule has 3 nitrogen and oxygen atoms in total. The van der Waals surface area contributed by atoms with Crippen molar-refractivity contribution < 1.29 is 14.0 Å². The molecule has 0 heterocycles. The minimum atomic E-state index is -0.546. The zero-order valence-electron chi connectivity index (χ0n) is 7.42. The SMILES string of the molecule is COc1cccc(CF)c1CON. The Bertz CT molecular complexity index is 256. The van der Waals surface area contributed by atoms with E-state index in [-0.39, 0.29) is 6.61 Å². The van der Waals surface area contributed by atoms with E-state index >= 15 is 0 Å². The Morgan fingerprint density at radius 3 is 2.77 bits per heavy atom. The van der Waals surface area contributed by atoms with Crippen LogP contribution in [-0.4, -0.2) is 7.11 Å². The summed E-state index contributed by atoms with van der Waals surface area (Å²) in [6.45, 7) is -0.390. The number of methoxy groups -OCH3 is 1. The number of alkyl halides is 1. The number of hydrogen-bond acceptors (Lipinski definition) is 3. The fourth-order valence-corrected chi connectivity index (χ4v) is 1.17. The third-order valence-corrected chi connectivity index (χ3v) is 1.82. The van der Waals surface area contributed by atoms with Crippen molar-refractivity contribution in [3.63, 3.8) is 0 Å². The van der Waals surface area contributed by atoms with E-state index in [1.165, 1.54) is 7.11 Å². The quantitative estimate of drug-likeness (QED) is 0.724. The van der Waals surface area contributed by atoms with Crippen molar-refractivity contribution in [2.24, 2.45) is 5.90 Å². The maximum atomic E-state index is 12.5. The highest BCUT2D eigenvalue weighted by Crippen LogP contribution is 2.23. The molecule has 0 amide bonds. The van der Waals surface area contributed by atoms with Crippen LogP contribution in [-0.2, 0) is 18.1 Å². The second-order valence-corrected chi connectivity index (χ2v) is 2.54. The first-order valence-corrected chi connectivity index (χ1v) is 3.86. The minimum absolute atomic E-state index is 0.156. The molecule has 0 bridgehead atoms. The Morgan fingerprint density at radius 2 is 2.23 bits per heavy atom. The normalized spacial score (nSPS) is 10.1. The summed E-state index contributed by atoms with van der Waals surface area (Å²) in [4.78, 5) is 4.47. The lowest BCUT2D eigenvalue weighted by Crippen LogP contribution is -2.04. The van der Waals surface area contributed by atoms with Crippen molar-refractivity contribution in [2.75, 3.05) is 7.11 Å².